The molecule has 0 amide bonds. The van der Waals surface area contributed by atoms with Crippen molar-refractivity contribution in [2.24, 2.45) is 5.92 Å². The lowest BCUT2D eigenvalue weighted by molar-refractivity contribution is 0.264. The van der Waals surface area contributed by atoms with Crippen LogP contribution in [0.2, 0.25) is 0 Å². The molecule has 0 saturated heterocycles. The Morgan fingerprint density at radius 3 is 1.07 bits per heavy atom. The van der Waals surface area contributed by atoms with E-state index in [-0.39, 0.29) is 0 Å². The summed E-state index contributed by atoms with van der Waals surface area (Å²) in [6, 6.07) is 0. The second kappa shape index (κ2) is 25.2. The van der Waals surface area contributed by atoms with Crippen molar-refractivity contribution in [1.82, 2.24) is 4.90 Å². The fourth-order valence-electron chi connectivity index (χ4n) is 4.46. The maximum absolute atomic E-state index is 2.65. The average Bonchev–Trinajstić information content (AvgIpc) is 2.74. The standard InChI is InChI=1S/C29H61N/c1-5-7-8-9-10-11-12-13-14-15-16-17-18-19-20-21-22-23-24-25-27-30(6-2)28-26-29(3)4/h29H,5-28H2,1-4H3. The van der Waals surface area contributed by atoms with Gasteiger partial charge in [0.05, 0.1) is 0 Å². The molecular weight excluding hydrogens is 362 g/mol. The summed E-state index contributed by atoms with van der Waals surface area (Å²) < 4.78 is 0. The van der Waals surface area contributed by atoms with Gasteiger partial charge in [0.2, 0.25) is 0 Å². The maximum atomic E-state index is 2.65. The summed E-state index contributed by atoms with van der Waals surface area (Å²) in [4.78, 5) is 2.65. The monoisotopic (exact) mass is 423 g/mol. The molecule has 0 rings (SSSR count). The Morgan fingerprint density at radius 1 is 0.433 bits per heavy atom. The minimum atomic E-state index is 0.842. The van der Waals surface area contributed by atoms with E-state index in [4.69, 9.17) is 0 Å². The number of rotatable bonds is 25. The average molecular weight is 424 g/mol. The van der Waals surface area contributed by atoms with E-state index in [1.807, 2.05) is 0 Å². The fraction of sp³-hybridized carbons (Fsp3) is 1.00. The summed E-state index contributed by atoms with van der Waals surface area (Å²) in [6.45, 7) is 13.1. The first kappa shape index (κ1) is 30.0. The first-order chi connectivity index (χ1) is 14.7. The molecule has 0 aliphatic heterocycles. The Bertz CT molecular complexity index is 299. The summed E-state index contributed by atoms with van der Waals surface area (Å²) in [5.74, 6) is 0.842. The molecule has 1 heteroatoms. The highest BCUT2D eigenvalue weighted by Crippen LogP contribution is 2.15. The van der Waals surface area contributed by atoms with E-state index in [2.05, 4.69) is 32.6 Å². The van der Waals surface area contributed by atoms with Crippen LogP contribution >= 0.6 is 0 Å². The molecule has 0 aromatic carbocycles. The molecule has 182 valence electrons. The highest BCUT2D eigenvalue weighted by atomic mass is 15.1. The summed E-state index contributed by atoms with van der Waals surface area (Å²) in [5, 5.41) is 0. The highest BCUT2D eigenvalue weighted by molar-refractivity contribution is 4.58. The van der Waals surface area contributed by atoms with Crippen LogP contribution in [0, 0.1) is 5.92 Å². The summed E-state index contributed by atoms with van der Waals surface area (Å²) >= 11 is 0. The van der Waals surface area contributed by atoms with Gasteiger partial charge >= 0.3 is 0 Å². The molecule has 0 saturated carbocycles. The Hall–Kier alpha value is -0.0400. The van der Waals surface area contributed by atoms with Gasteiger partial charge in [-0.2, -0.15) is 0 Å². The van der Waals surface area contributed by atoms with Crippen molar-refractivity contribution < 1.29 is 0 Å². The molecule has 0 radical (unpaired) electrons. The van der Waals surface area contributed by atoms with Crippen molar-refractivity contribution >= 4 is 0 Å². The van der Waals surface area contributed by atoms with Crippen LogP contribution in [-0.2, 0) is 0 Å². The Kier molecular flexibility index (Phi) is 25.2. The van der Waals surface area contributed by atoms with Gasteiger partial charge in [0.15, 0.2) is 0 Å². The Labute approximate surface area is 193 Å². The van der Waals surface area contributed by atoms with Crippen LogP contribution in [0.25, 0.3) is 0 Å². The first-order valence-electron chi connectivity index (χ1n) is 14.4. The Balaban J connectivity index is 3.14. The molecule has 1 nitrogen and oxygen atoms in total. The minimum Gasteiger partial charge on any atom is -0.304 e. The number of unbranched alkanes of at least 4 members (excludes halogenated alkanes) is 19. The smallest absolute Gasteiger partial charge is 0.00164 e. The fourth-order valence-corrected chi connectivity index (χ4v) is 4.46. The van der Waals surface area contributed by atoms with Gasteiger partial charge in [0, 0.05) is 0 Å². The van der Waals surface area contributed by atoms with Crippen molar-refractivity contribution in [2.75, 3.05) is 19.6 Å². The topological polar surface area (TPSA) is 3.24 Å². The molecule has 0 N–H and O–H groups in total. The van der Waals surface area contributed by atoms with Crippen molar-refractivity contribution in [3.63, 3.8) is 0 Å². The molecule has 0 atom stereocenters. The molecule has 0 aromatic rings. The zero-order valence-corrected chi connectivity index (χ0v) is 22.0. The van der Waals surface area contributed by atoms with E-state index in [0.717, 1.165) is 5.92 Å². The molecule has 30 heavy (non-hydrogen) atoms. The lowest BCUT2D eigenvalue weighted by Gasteiger charge is -2.21. The molecule has 0 spiro atoms. The van der Waals surface area contributed by atoms with E-state index in [1.165, 1.54) is 154 Å². The van der Waals surface area contributed by atoms with Gasteiger partial charge < -0.3 is 4.90 Å². The van der Waals surface area contributed by atoms with Crippen molar-refractivity contribution in [3.8, 4) is 0 Å². The lowest BCUT2D eigenvalue weighted by Crippen LogP contribution is -2.26. The highest BCUT2D eigenvalue weighted by Gasteiger charge is 2.03. The predicted molar refractivity (Wildman–Crippen MR) is 140 cm³/mol. The molecular formula is C29H61N. The largest absolute Gasteiger partial charge is 0.304 e. The van der Waals surface area contributed by atoms with E-state index < -0.39 is 0 Å². The van der Waals surface area contributed by atoms with Gasteiger partial charge in [-0.25, -0.2) is 0 Å². The third-order valence-corrected chi connectivity index (χ3v) is 6.80. The van der Waals surface area contributed by atoms with Crippen molar-refractivity contribution in [1.29, 1.82) is 0 Å². The first-order valence-corrected chi connectivity index (χ1v) is 14.4. The van der Waals surface area contributed by atoms with E-state index in [9.17, 15) is 0 Å². The second-order valence-electron chi connectivity index (χ2n) is 10.3. The van der Waals surface area contributed by atoms with Crippen LogP contribution < -0.4 is 0 Å². The molecule has 0 aliphatic carbocycles. The SMILES string of the molecule is CCCCCCCCCCCCCCCCCCCCCCN(CC)CCC(C)C. The van der Waals surface area contributed by atoms with Gasteiger partial charge in [0.25, 0.3) is 0 Å². The van der Waals surface area contributed by atoms with Gasteiger partial charge in [-0.1, -0.05) is 150 Å². The van der Waals surface area contributed by atoms with Crippen LogP contribution in [0.15, 0.2) is 0 Å². The zero-order chi connectivity index (χ0) is 22.1. The molecule has 0 aromatic heterocycles. The van der Waals surface area contributed by atoms with Crippen LogP contribution in [0.1, 0.15) is 163 Å². The van der Waals surface area contributed by atoms with Gasteiger partial charge in [0.1, 0.15) is 0 Å². The van der Waals surface area contributed by atoms with E-state index >= 15 is 0 Å². The molecule has 0 bridgehead atoms. The van der Waals surface area contributed by atoms with Gasteiger partial charge in [-0.3, -0.25) is 0 Å². The molecule has 0 heterocycles. The summed E-state index contributed by atoms with van der Waals surface area (Å²) in [6.07, 6.45) is 30.7. The third-order valence-electron chi connectivity index (χ3n) is 6.80. The van der Waals surface area contributed by atoms with Crippen LogP contribution in [0.4, 0.5) is 0 Å². The third kappa shape index (κ3) is 24.2. The van der Waals surface area contributed by atoms with E-state index in [0.29, 0.717) is 0 Å². The summed E-state index contributed by atoms with van der Waals surface area (Å²) in [5.41, 5.74) is 0. The number of nitrogens with zero attached hydrogens (tertiary/aromatic N) is 1. The number of hydrogen-bond donors (Lipinski definition) is 0. The lowest BCUT2D eigenvalue weighted by atomic mass is 10.0. The summed E-state index contributed by atoms with van der Waals surface area (Å²) in [7, 11) is 0. The van der Waals surface area contributed by atoms with Crippen molar-refractivity contribution in [3.05, 3.63) is 0 Å². The van der Waals surface area contributed by atoms with E-state index in [1.54, 1.807) is 0 Å². The molecule has 0 aliphatic rings. The predicted octanol–water partition coefficient (Wildman–Crippen LogP) is 10.2. The van der Waals surface area contributed by atoms with Crippen LogP contribution in [0.5, 0.6) is 0 Å². The van der Waals surface area contributed by atoms with Crippen LogP contribution in [-0.4, -0.2) is 24.5 Å². The van der Waals surface area contributed by atoms with Gasteiger partial charge in [-0.05, 0) is 38.4 Å². The maximum Gasteiger partial charge on any atom is -0.00164 e. The Morgan fingerprint density at radius 2 is 0.767 bits per heavy atom. The van der Waals surface area contributed by atoms with Crippen molar-refractivity contribution in [2.45, 2.75) is 163 Å². The second-order valence-corrected chi connectivity index (χ2v) is 10.3. The van der Waals surface area contributed by atoms with Gasteiger partial charge in [-0.15, -0.1) is 0 Å². The molecule has 0 unspecified atom stereocenters. The zero-order valence-electron chi connectivity index (χ0n) is 22.0. The molecule has 0 fully saturated rings. The minimum absolute atomic E-state index is 0.842. The number of hydrogen-bond acceptors (Lipinski definition) is 1. The van der Waals surface area contributed by atoms with Crippen LogP contribution in [0.3, 0.4) is 0 Å². The quantitative estimate of drug-likeness (QED) is 0.132. The normalized spacial score (nSPS) is 11.8.